The summed E-state index contributed by atoms with van der Waals surface area (Å²) in [7, 11) is 0. The van der Waals surface area contributed by atoms with E-state index < -0.39 is 4.87 Å². The van der Waals surface area contributed by atoms with E-state index in [1.54, 1.807) is 11.8 Å². The Bertz CT molecular complexity index is 955. The fourth-order valence-electron chi connectivity index (χ4n) is 4.31. The van der Waals surface area contributed by atoms with E-state index in [2.05, 4.69) is 32.9 Å². The van der Waals surface area contributed by atoms with Crippen LogP contribution in [0.25, 0.3) is 0 Å². The Labute approximate surface area is 170 Å². The molecule has 2 aromatic rings. The number of carbonyl (C=O) groups is 2. The van der Waals surface area contributed by atoms with Crippen LogP contribution in [0.3, 0.4) is 0 Å². The highest BCUT2D eigenvalue weighted by atomic mass is 32.2. The molecule has 1 spiro atoms. The van der Waals surface area contributed by atoms with Crippen molar-refractivity contribution in [1.82, 2.24) is 4.90 Å². The van der Waals surface area contributed by atoms with Crippen molar-refractivity contribution in [2.75, 3.05) is 11.4 Å². The summed E-state index contributed by atoms with van der Waals surface area (Å²) in [5.74, 6) is 0.0216. The number of anilines is 1. The second-order valence-corrected chi connectivity index (χ2v) is 10.1. The van der Waals surface area contributed by atoms with Crippen molar-refractivity contribution < 1.29 is 9.59 Å². The molecule has 0 aliphatic carbocycles. The van der Waals surface area contributed by atoms with Crippen LogP contribution in [0.2, 0.25) is 0 Å². The molecule has 0 bridgehead atoms. The zero-order valence-electron chi connectivity index (χ0n) is 16.9. The Morgan fingerprint density at radius 2 is 1.79 bits per heavy atom. The molecule has 2 aliphatic heterocycles. The summed E-state index contributed by atoms with van der Waals surface area (Å²) in [5, 5.41) is 0. The van der Waals surface area contributed by atoms with Gasteiger partial charge in [-0.3, -0.25) is 9.59 Å². The maximum Gasteiger partial charge on any atom is 0.268 e. The third kappa shape index (κ3) is 2.75. The van der Waals surface area contributed by atoms with Crippen LogP contribution in [-0.4, -0.2) is 28.0 Å². The molecule has 146 valence electrons. The van der Waals surface area contributed by atoms with Gasteiger partial charge in [0.2, 0.25) is 5.91 Å². The highest BCUT2D eigenvalue weighted by Crippen LogP contribution is 2.59. The number of amides is 2. The van der Waals surface area contributed by atoms with Gasteiger partial charge in [-0.15, -0.1) is 11.8 Å². The molecule has 0 radical (unpaired) electrons. The fourth-order valence-corrected chi connectivity index (χ4v) is 6.06. The van der Waals surface area contributed by atoms with Gasteiger partial charge in [-0.1, -0.05) is 49.4 Å². The SMILES string of the molecule is CCC(=O)N1CC(C)(C)SC12C(=O)N(Cc1ccccc1C)c1ccccc12. The molecular weight excluding hydrogens is 368 g/mol. The molecule has 1 fully saturated rings. The number of benzene rings is 2. The largest absolute Gasteiger partial charge is 0.314 e. The molecule has 0 aromatic heterocycles. The number of fused-ring (bicyclic) bond motifs is 2. The topological polar surface area (TPSA) is 40.6 Å². The Morgan fingerprint density at radius 1 is 1.11 bits per heavy atom. The lowest BCUT2D eigenvalue weighted by atomic mass is 10.0. The van der Waals surface area contributed by atoms with Crippen LogP contribution >= 0.6 is 11.8 Å². The maximum absolute atomic E-state index is 13.9. The average molecular weight is 395 g/mol. The zero-order chi connectivity index (χ0) is 20.1. The van der Waals surface area contributed by atoms with Gasteiger partial charge >= 0.3 is 0 Å². The first kappa shape index (κ1) is 19.1. The quantitative estimate of drug-likeness (QED) is 0.772. The molecule has 0 saturated carbocycles. The standard InChI is InChI=1S/C23H26N2O2S/c1-5-20(26)25-15-22(3,4)28-23(25)18-12-8-9-13-19(18)24(21(23)27)14-17-11-7-6-10-16(17)2/h6-13H,5,14-15H2,1-4H3. The van der Waals surface area contributed by atoms with Crippen LogP contribution in [0.5, 0.6) is 0 Å². The van der Waals surface area contributed by atoms with Crippen LogP contribution in [0.1, 0.15) is 43.9 Å². The van der Waals surface area contributed by atoms with Gasteiger partial charge in [-0.25, -0.2) is 0 Å². The third-order valence-electron chi connectivity index (χ3n) is 5.63. The van der Waals surface area contributed by atoms with Crippen molar-refractivity contribution in [2.24, 2.45) is 0 Å². The van der Waals surface area contributed by atoms with E-state index in [4.69, 9.17) is 0 Å². The molecule has 2 aromatic carbocycles. The molecular formula is C23H26N2O2S. The monoisotopic (exact) mass is 394 g/mol. The number of hydrogen-bond donors (Lipinski definition) is 0. The normalized spacial score (nSPS) is 22.8. The Balaban J connectivity index is 1.85. The van der Waals surface area contributed by atoms with Crippen molar-refractivity contribution in [3.63, 3.8) is 0 Å². The van der Waals surface area contributed by atoms with Gasteiger partial charge in [0.25, 0.3) is 5.91 Å². The van der Waals surface area contributed by atoms with E-state index in [1.807, 2.05) is 53.1 Å². The van der Waals surface area contributed by atoms with E-state index in [0.717, 1.165) is 22.4 Å². The second kappa shape index (κ2) is 6.66. The summed E-state index contributed by atoms with van der Waals surface area (Å²) in [6.07, 6.45) is 0.394. The van der Waals surface area contributed by atoms with Gasteiger partial charge in [0.15, 0.2) is 4.87 Å². The lowest BCUT2D eigenvalue weighted by Crippen LogP contribution is -2.50. The molecule has 1 atom stereocenters. The number of para-hydroxylation sites is 1. The van der Waals surface area contributed by atoms with E-state index >= 15 is 0 Å². The Kier molecular flexibility index (Phi) is 4.53. The van der Waals surface area contributed by atoms with Crippen LogP contribution in [0.4, 0.5) is 5.69 Å². The van der Waals surface area contributed by atoms with Crippen molar-refractivity contribution in [1.29, 1.82) is 0 Å². The summed E-state index contributed by atoms with van der Waals surface area (Å²) in [6, 6.07) is 16.1. The van der Waals surface area contributed by atoms with Gasteiger partial charge < -0.3 is 9.80 Å². The first-order chi connectivity index (χ1) is 13.3. The minimum absolute atomic E-state index is 0.00525. The van der Waals surface area contributed by atoms with Gasteiger partial charge in [0, 0.05) is 23.3 Å². The molecule has 28 heavy (non-hydrogen) atoms. The van der Waals surface area contributed by atoms with Crippen LogP contribution in [-0.2, 0) is 21.0 Å². The summed E-state index contributed by atoms with van der Waals surface area (Å²) >= 11 is 1.61. The second-order valence-electron chi connectivity index (χ2n) is 8.17. The van der Waals surface area contributed by atoms with Gasteiger partial charge in [0.05, 0.1) is 12.2 Å². The molecule has 2 heterocycles. The highest BCUT2D eigenvalue weighted by molar-refractivity contribution is 8.02. The Hall–Kier alpha value is -2.27. The first-order valence-corrected chi connectivity index (χ1v) is 10.6. The third-order valence-corrected chi connectivity index (χ3v) is 7.22. The van der Waals surface area contributed by atoms with Gasteiger partial charge in [-0.2, -0.15) is 0 Å². The number of nitrogens with zero attached hydrogens (tertiary/aromatic N) is 2. The summed E-state index contributed by atoms with van der Waals surface area (Å²) in [5.41, 5.74) is 4.13. The molecule has 5 heteroatoms. The zero-order valence-corrected chi connectivity index (χ0v) is 17.7. The summed E-state index contributed by atoms with van der Waals surface area (Å²) in [6.45, 7) is 9.24. The van der Waals surface area contributed by atoms with Crippen molar-refractivity contribution in [3.05, 3.63) is 65.2 Å². The van der Waals surface area contributed by atoms with E-state index in [9.17, 15) is 9.59 Å². The van der Waals surface area contributed by atoms with E-state index in [1.165, 1.54) is 0 Å². The maximum atomic E-state index is 13.9. The lowest BCUT2D eigenvalue weighted by Gasteiger charge is -2.33. The number of rotatable bonds is 3. The molecule has 2 amide bonds. The molecule has 1 unspecified atom stereocenters. The first-order valence-electron chi connectivity index (χ1n) is 9.77. The summed E-state index contributed by atoms with van der Waals surface area (Å²) in [4.78, 5) is 29.5. The van der Waals surface area contributed by atoms with Crippen molar-refractivity contribution in [2.45, 2.75) is 50.3 Å². The van der Waals surface area contributed by atoms with Crippen LogP contribution < -0.4 is 4.90 Å². The van der Waals surface area contributed by atoms with E-state index in [-0.39, 0.29) is 16.6 Å². The number of aryl methyl sites for hydroxylation is 1. The minimum Gasteiger partial charge on any atom is -0.314 e. The highest BCUT2D eigenvalue weighted by Gasteiger charge is 2.63. The fraction of sp³-hybridized carbons (Fsp3) is 0.391. The number of thioether (sulfide) groups is 1. The van der Waals surface area contributed by atoms with Crippen molar-refractivity contribution in [3.8, 4) is 0 Å². The van der Waals surface area contributed by atoms with Gasteiger partial charge in [-0.05, 0) is 38.0 Å². The molecule has 2 aliphatic rings. The Morgan fingerprint density at radius 3 is 2.50 bits per heavy atom. The number of carbonyl (C=O) groups excluding carboxylic acids is 2. The predicted molar refractivity (Wildman–Crippen MR) is 114 cm³/mol. The molecule has 0 N–H and O–H groups in total. The molecule has 4 rings (SSSR count). The smallest absolute Gasteiger partial charge is 0.268 e. The van der Waals surface area contributed by atoms with E-state index in [0.29, 0.717) is 19.5 Å². The molecule has 4 nitrogen and oxygen atoms in total. The van der Waals surface area contributed by atoms with Crippen LogP contribution in [0, 0.1) is 6.92 Å². The predicted octanol–water partition coefficient (Wildman–Crippen LogP) is 4.46. The van der Waals surface area contributed by atoms with Crippen LogP contribution in [0.15, 0.2) is 48.5 Å². The summed E-state index contributed by atoms with van der Waals surface area (Å²) < 4.78 is -0.188. The van der Waals surface area contributed by atoms with Gasteiger partial charge in [0.1, 0.15) is 0 Å². The lowest BCUT2D eigenvalue weighted by molar-refractivity contribution is -0.140. The number of hydrogen-bond acceptors (Lipinski definition) is 3. The molecule has 1 saturated heterocycles. The average Bonchev–Trinajstić information content (AvgIpc) is 3.09. The van der Waals surface area contributed by atoms with Crippen molar-refractivity contribution >= 4 is 29.3 Å². The minimum atomic E-state index is -0.962.